The smallest absolute Gasteiger partial charge is 0.103 e. The van der Waals surface area contributed by atoms with E-state index in [1.165, 1.54) is 5.56 Å². The number of hydrogen-bond acceptors (Lipinski definition) is 3. The van der Waals surface area contributed by atoms with Gasteiger partial charge in [0.2, 0.25) is 0 Å². The van der Waals surface area contributed by atoms with Crippen molar-refractivity contribution in [1.29, 1.82) is 0 Å². The highest BCUT2D eigenvalue weighted by Crippen LogP contribution is 2.42. The van der Waals surface area contributed by atoms with Gasteiger partial charge in [-0.2, -0.15) is 0 Å². The van der Waals surface area contributed by atoms with Gasteiger partial charge in [0.15, 0.2) is 0 Å². The lowest BCUT2D eigenvalue weighted by Gasteiger charge is -2.43. The van der Waals surface area contributed by atoms with E-state index in [-0.39, 0.29) is 5.60 Å². The lowest BCUT2D eigenvalue weighted by atomic mass is 9.79. The van der Waals surface area contributed by atoms with Crippen molar-refractivity contribution >= 4 is 0 Å². The van der Waals surface area contributed by atoms with E-state index in [0.717, 1.165) is 31.5 Å². The fourth-order valence-corrected chi connectivity index (χ4v) is 2.85. The Kier molecular flexibility index (Phi) is 2.46. The van der Waals surface area contributed by atoms with Crippen LogP contribution < -0.4 is 5.32 Å². The van der Waals surface area contributed by atoms with Crippen molar-refractivity contribution in [2.24, 2.45) is 0 Å². The van der Waals surface area contributed by atoms with E-state index in [1.807, 2.05) is 18.2 Å². The standard InChI is InChI=1S/C13H17NO2/c15-12-9-16-13(5-7-14-8-6-13)11-4-2-1-3-10(11)12/h1-4,12,14-15H,5-9H2. The molecule has 1 aromatic carbocycles. The molecule has 1 spiro atoms. The number of rotatable bonds is 0. The number of aliphatic hydroxyl groups excluding tert-OH is 1. The van der Waals surface area contributed by atoms with Crippen LogP contribution in [0.25, 0.3) is 0 Å². The molecule has 1 unspecified atom stereocenters. The predicted octanol–water partition coefficient (Wildman–Crippen LogP) is 1.33. The molecule has 2 N–H and O–H groups in total. The molecular formula is C13H17NO2. The Morgan fingerprint density at radius 2 is 2.00 bits per heavy atom. The van der Waals surface area contributed by atoms with Crippen LogP contribution in [0.3, 0.4) is 0 Å². The zero-order chi connectivity index (χ0) is 11.0. The second-order valence-corrected chi connectivity index (χ2v) is 4.66. The predicted molar refractivity (Wildman–Crippen MR) is 61.1 cm³/mol. The second-order valence-electron chi connectivity index (χ2n) is 4.66. The van der Waals surface area contributed by atoms with Gasteiger partial charge in [-0.05, 0) is 37.1 Å². The molecule has 1 saturated heterocycles. The first kappa shape index (κ1) is 10.3. The molecule has 3 rings (SSSR count). The van der Waals surface area contributed by atoms with E-state index < -0.39 is 6.10 Å². The normalized spacial score (nSPS) is 27.7. The Morgan fingerprint density at radius 3 is 2.81 bits per heavy atom. The molecule has 2 aliphatic rings. The summed E-state index contributed by atoms with van der Waals surface area (Å²) in [5.41, 5.74) is 2.09. The molecule has 0 saturated carbocycles. The fourth-order valence-electron chi connectivity index (χ4n) is 2.85. The van der Waals surface area contributed by atoms with Crippen LogP contribution in [0.5, 0.6) is 0 Å². The van der Waals surface area contributed by atoms with E-state index in [1.54, 1.807) is 0 Å². The van der Waals surface area contributed by atoms with Crippen molar-refractivity contribution in [1.82, 2.24) is 5.32 Å². The summed E-state index contributed by atoms with van der Waals surface area (Å²) in [6, 6.07) is 8.14. The highest BCUT2D eigenvalue weighted by Gasteiger charge is 2.41. The summed E-state index contributed by atoms with van der Waals surface area (Å²) < 4.78 is 5.96. The Balaban J connectivity index is 2.06. The molecule has 1 fully saturated rings. The van der Waals surface area contributed by atoms with Gasteiger partial charge in [-0.1, -0.05) is 24.3 Å². The zero-order valence-corrected chi connectivity index (χ0v) is 9.28. The van der Waals surface area contributed by atoms with Gasteiger partial charge in [-0.3, -0.25) is 0 Å². The first-order valence-electron chi connectivity index (χ1n) is 5.94. The maximum absolute atomic E-state index is 9.93. The van der Waals surface area contributed by atoms with E-state index in [4.69, 9.17) is 4.74 Å². The SMILES string of the molecule is OC1COC2(CCNCC2)c2ccccc21. The minimum absolute atomic E-state index is 0.152. The number of ether oxygens (including phenoxy) is 1. The number of nitrogens with one attached hydrogen (secondary N) is 1. The van der Waals surface area contributed by atoms with Gasteiger partial charge in [0.1, 0.15) is 6.10 Å². The van der Waals surface area contributed by atoms with E-state index in [9.17, 15) is 5.11 Å². The Morgan fingerprint density at radius 1 is 1.25 bits per heavy atom. The Hall–Kier alpha value is -0.900. The van der Waals surface area contributed by atoms with Gasteiger partial charge in [0, 0.05) is 0 Å². The largest absolute Gasteiger partial charge is 0.386 e. The van der Waals surface area contributed by atoms with E-state index in [0.29, 0.717) is 6.61 Å². The molecule has 0 bridgehead atoms. The topological polar surface area (TPSA) is 41.5 Å². The highest BCUT2D eigenvalue weighted by molar-refractivity contribution is 5.36. The van der Waals surface area contributed by atoms with Crippen molar-refractivity contribution in [2.75, 3.05) is 19.7 Å². The Bertz CT molecular complexity index is 385. The van der Waals surface area contributed by atoms with Crippen molar-refractivity contribution in [3.63, 3.8) is 0 Å². The molecule has 0 aliphatic carbocycles. The lowest BCUT2D eigenvalue weighted by Crippen LogP contribution is -2.45. The number of piperidine rings is 1. The van der Waals surface area contributed by atoms with Gasteiger partial charge in [-0.25, -0.2) is 0 Å². The van der Waals surface area contributed by atoms with Gasteiger partial charge in [0.05, 0.1) is 12.2 Å². The summed E-state index contributed by atoms with van der Waals surface area (Å²) in [7, 11) is 0. The third-order valence-corrected chi connectivity index (χ3v) is 3.74. The first-order chi connectivity index (χ1) is 7.82. The summed E-state index contributed by atoms with van der Waals surface area (Å²) >= 11 is 0. The number of hydrogen-bond donors (Lipinski definition) is 2. The van der Waals surface area contributed by atoms with Gasteiger partial charge >= 0.3 is 0 Å². The molecule has 2 aliphatic heterocycles. The van der Waals surface area contributed by atoms with Gasteiger partial charge < -0.3 is 15.2 Å². The van der Waals surface area contributed by atoms with Crippen molar-refractivity contribution in [2.45, 2.75) is 24.5 Å². The summed E-state index contributed by atoms with van der Waals surface area (Å²) in [5.74, 6) is 0. The van der Waals surface area contributed by atoms with Crippen LogP contribution in [-0.2, 0) is 10.3 Å². The van der Waals surface area contributed by atoms with Crippen LogP contribution in [0, 0.1) is 0 Å². The van der Waals surface area contributed by atoms with Crippen LogP contribution >= 0.6 is 0 Å². The molecule has 86 valence electrons. The summed E-state index contributed by atoms with van der Waals surface area (Å²) in [6.45, 7) is 2.41. The number of aliphatic hydroxyl groups is 1. The molecule has 3 nitrogen and oxygen atoms in total. The van der Waals surface area contributed by atoms with Crippen LogP contribution in [0.2, 0.25) is 0 Å². The second kappa shape index (κ2) is 3.84. The third-order valence-electron chi connectivity index (χ3n) is 3.74. The van der Waals surface area contributed by atoms with Crippen molar-refractivity contribution in [3.05, 3.63) is 35.4 Å². The number of benzene rings is 1. The molecule has 0 radical (unpaired) electrons. The quantitative estimate of drug-likeness (QED) is 0.691. The van der Waals surface area contributed by atoms with Crippen molar-refractivity contribution in [3.8, 4) is 0 Å². The van der Waals surface area contributed by atoms with Gasteiger partial charge in [-0.15, -0.1) is 0 Å². The average molecular weight is 219 g/mol. The van der Waals surface area contributed by atoms with E-state index >= 15 is 0 Å². The maximum atomic E-state index is 9.93. The summed E-state index contributed by atoms with van der Waals surface area (Å²) in [4.78, 5) is 0. The third kappa shape index (κ3) is 1.47. The Labute approximate surface area is 95.4 Å². The highest BCUT2D eigenvalue weighted by atomic mass is 16.5. The molecule has 2 heterocycles. The van der Waals surface area contributed by atoms with E-state index in [2.05, 4.69) is 11.4 Å². The van der Waals surface area contributed by atoms with Crippen LogP contribution in [0.1, 0.15) is 30.1 Å². The fraction of sp³-hybridized carbons (Fsp3) is 0.538. The monoisotopic (exact) mass is 219 g/mol. The van der Waals surface area contributed by atoms with Crippen molar-refractivity contribution < 1.29 is 9.84 Å². The minimum atomic E-state index is -0.461. The number of fused-ring (bicyclic) bond motifs is 2. The van der Waals surface area contributed by atoms with Crippen LogP contribution in [-0.4, -0.2) is 24.8 Å². The molecule has 0 aromatic heterocycles. The minimum Gasteiger partial charge on any atom is -0.386 e. The van der Waals surface area contributed by atoms with Crippen LogP contribution in [0.15, 0.2) is 24.3 Å². The first-order valence-corrected chi connectivity index (χ1v) is 5.94. The van der Waals surface area contributed by atoms with Gasteiger partial charge in [0.25, 0.3) is 0 Å². The molecule has 3 heteroatoms. The maximum Gasteiger partial charge on any atom is 0.103 e. The van der Waals surface area contributed by atoms with Crippen LogP contribution in [0.4, 0.5) is 0 Å². The molecular weight excluding hydrogens is 202 g/mol. The average Bonchev–Trinajstić information content (AvgIpc) is 2.36. The summed E-state index contributed by atoms with van der Waals surface area (Å²) in [6.07, 6.45) is 1.53. The lowest BCUT2D eigenvalue weighted by molar-refractivity contribution is -0.118. The molecule has 0 amide bonds. The molecule has 16 heavy (non-hydrogen) atoms. The zero-order valence-electron chi connectivity index (χ0n) is 9.28. The molecule has 1 aromatic rings. The molecule has 1 atom stereocenters. The summed E-state index contributed by atoms with van der Waals surface area (Å²) in [5, 5.41) is 13.3.